The molecule has 0 aliphatic carbocycles. The minimum atomic E-state index is -0.224. The Morgan fingerprint density at radius 1 is 0.926 bits per heavy atom. The molecule has 0 fully saturated rings. The third kappa shape index (κ3) is 7.99. The summed E-state index contributed by atoms with van der Waals surface area (Å²) in [5, 5.41) is 0. The summed E-state index contributed by atoms with van der Waals surface area (Å²) in [4.78, 5) is 12.6. The Morgan fingerprint density at radius 2 is 1.59 bits per heavy atom. The lowest BCUT2D eigenvalue weighted by molar-refractivity contribution is -0.693. The number of rotatable bonds is 11. The van der Waals surface area contributed by atoms with Crippen LogP contribution < -0.4 is 28.5 Å². The molecular formula is C23H32INO2. The highest BCUT2D eigenvalue weighted by Gasteiger charge is 2.18. The van der Waals surface area contributed by atoms with Gasteiger partial charge in [0.1, 0.15) is 12.1 Å². The van der Waals surface area contributed by atoms with Crippen molar-refractivity contribution in [1.29, 1.82) is 0 Å². The van der Waals surface area contributed by atoms with Crippen LogP contribution in [0.15, 0.2) is 48.8 Å². The van der Waals surface area contributed by atoms with Gasteiger partial charge in [-0.25, -0.2) is 9.36 Å². The van der Waals surface area contributed by atoms with Crippen molar-refractivity contribution in [3.8, 4) is 11.1 Å². The van der Waals surface area contributed by atoms with Gasteiger partial charge in [-0.1, -0.05) is 75.8 Å². The lowest BCUT2D eigenvalue weighted by atomic mass is 10.0. The summed E-state index contributed by atoms with van der Waals surface area (Å²) in [7, 11) is 0. The minimum Gasteiger partial charge on any atom is -1.00 e. The van der Waals surface area contributed by atoms with Gasteiger partial charge in [0.2, 0.25) is 0 Å². The lowest BCUT2D eigenvalue weighted by Crippen LogP contribution is -3.00. The molecule has 0 bridgehead atoms. The molecule has 0 N–H and O–H groups in total. The third-order valence-electron chi connectivity index (χ3n) is 4.67. The largest absolute Gasteiger partial charge is 1.00 e. The summed E-state index contributed by atoms with van der Waals surface area (Å²) >= 11 is 0. The van der Waals surface area contributed by atoms with Gasteiger partial charge >= 0.3 is 5.97 Å². The number of aryl methyl sites for hydroxylation is 1. The van der Waals surface area contributed by atoms with E-state index in [9.17, 15) is 4.79 Å². The molecule has 148 valence electrons. The normalized spacial score (nSPS) is 10.3. The number of hydrogen-bond donors (Lipinski definition) is 0. The highest BCUT2D eigenvalue weighted by Crippen LogP contribution is 2.23. The van der Waals surface area contributed by atoms with Crippen LogP contribution in [0, 0.1) is 0 Å². The SMILES string of the molecule is CCCCCCCCCOC(=O)c1c[n+](CC)ccc1-c1ccccc1.[I-]. The summed E-state index contributed by atoms with van der Waals surface area (Å²) in [6.45, 7) is 5.62. The summed E-state index contributed by atoms with van der Waals surface area (Å²) in [5.74, 6) is -0.224. The number of unbranched alkanes of at least 4 members (excludes halogenated alkanes) is 6. The first-order chi connectivity index (χ1) is 12.8. The van der Waals surface area contributed by atoms with Gasteiger partial charge in [0, 0.05) is 11.6 Å². The number of hydrogen-bond acceptors (Lipinski definition) is 2. The molecule has 27 heavy (non-hydrogen) atoms. The maximum absolute atomic E-state index is 12.6. The Bertz CT molecular complexity index is 673. The van der Waals surface area contributed by atoms with E-state index in [1.54, 1.807) is 0 Å². The smallest absolute Gasteiger partial charge is 0.344 e. The van der Waals surface area contributed by atoms with E-state index < -0.39 is 0 Å². The topological polar surface area (TPSA) is 30.2 Å². The molecule has 0 unspecified atom stereocenters. The Balaban J connectivity index is 0.00000364. The van der Waals surface area contributed by atoms with Gasteiger partial charge in [-0.3, -0.25) is 0 Å². The highest BCUT2D eigenvalue weighted by molar-refractivity contribution is 5.96. The third-order valence-corrected chi connectivity index (χ3v) is 4.67. The van der Waals surface area contributed by atoms with Crippen molar-refractivity contribution < 1.29 is 38.1 Å². The summed E-state index contributed by atoms with van der Waals surface area (Å²) in [6.07, 6.45) is 12.4. The van der Waals surface area contributed by atoms with Gasteiger partial charge in [0.15, 0.2) is 12.4 Å². The second kappa shape index (κ2) is 13.7. The number of esters is 1. The fourth-order valence-electron chi connectivity index (χ4n) is 3.07. The second-order valence-corrected chi connectivity index (χ2v) is 6.73. The van der Waals surface area contributed by atoms with E-state index in [2.05, 4.69) is 13.8 Å². The molecular weight excluding hydrogens is 449 g/mol. The zero-order valence-electron chi connectivity index (χ0n) is 16.6. The van der Waals surface area contributed by atoms with Crippen molar-refractivity contribution in [2.45, 2.75) is 65.3 Å². The average molecular weight is 481 g/mol. The van der Waals surface area contributed by atoms with Crippen LogP contribution in [0.2, 0.25) is 0 Å². The first-order valence-corrected chi connectivity index (χ1v) is 10.0. The molecule has 1 heterocycles. The fourth-order valence-corrected chi connectivity index (χ4v) is 3.07. The number of aromatic nitrogens is 1. The van der Waals surface area contributed by atoms with Crippen molar-refractivity contribution in [3.63, 3.8) is 0 Å². The number of carbonyl (C=O) groups excluding carboxylic acids is 1. The van der Waals surface area contributed by atoms with Crippen LogP contribution in [0.3, 0.4) is 0 Å². The molecule has 3 nitrogen and oxygen atoms in total. The molecule has 2 aromatic rings. The molecule has 4 heteroatoms. The van der Waals surface area contributed by atoms with Crippen LogP contribution in [0.25, 0.3) is 11.1 Å². The van der Waals surface area contributed by atoms with Gasteiger partial charge in [0.25, 0.3) is 0 Å². The maximum atomic E-state index is 12.6. The van der Waals surface area contributed by atoms with Gasteiger partial charge < -0.3 is 28.7 Å². The molecule has 0 saturated heterocycles. The first-order valence-electron chi connectivity index (χ1n) is 10.0. The van der Waals surface area contributed by atoms with E-state index in [4.69, 9.17) is 4.74 Å². The van der Waals surface area contributed by atoms with E-state index >= 15 is 0 Å². The second-order valence-electron chi connectivity index (χ2n) is 6.73. The summed E-state index contributed by atoms with van der Waals surface area (Å²) in [5.41, 5.74) is 2.61. The predicted molar refractivity (Wildman–Crippen MR) is 106 cm³/mol. The zero-order valence-corrected chi connectivity index (χ0v) is 18.8. The molecule has 0 amide bonds. The number of benzene rings is 1. The maximum Gasteiger partial charge on any atom is 0.344 e. The fraction of sp³-hybridized carbons (Fsp3) is 0.478. The van der Waals surface area contributed by atoms with Crippen LogP contribution in [-0.4, -0.2) is 12.6 Å². The number of halogens is 1. The van der Waals surface area contributed by atoms with Crippen LogP contribution in [0.4, 0.5) is 0 Å². The number of nitrogens with zero attached hydrogens (tertiary/aromatic N) is 1. The predicted octanol–water partition coefficient (Wildman–Crippen LogP) is 2.57. The van der Waals surface area contributed by atoms with Crippen molar-refractivity contribution in [2.75, 3.05) is 6.61 Å². The standard InChI is InChI=1S/C23H32NO2.HI/c1-3-5-6-7-8-9-13-18-26-23(25)22-19-24(4-2)17-16-21(22)20-14-11-10-12-15-20;/h10-12,14-17,19H,3-9,13,18H2,1-2H3;1H/q+1;/p-1. The molecule has 0 aliphatic rings. The van der Waals surface area contributed by atoms with E-state index in [-0.39, 0.29) is 29.9 Å². The minimum absolute atomic E-state index is 0. The van der Waals surface area contributed by atoms with Crippen molar-refractivity contribution in [1.82, 2.24) is 0 Å². The quantitative estimate of drug-likeness (QED) is 0.214. The molecule has 1 aromatic carbocycles. The molecule has 1 aromatic heterocycles. The van der Waals surface area contributed by atoms with E-state index in [0.29, 0.717) is 12.2 Å². The van der Waals surface area contributed by atoms with Gasteiger partial charge in [0.05, 0.1) is 6.61 Å². The Labute approximate surface area is 181 Å². The highest BCUT2D eigenvalue weighted by atomic mass is 127. The van der Waals surface area contributed by atoms with Gasteiger partial charge in [-0.05, 0) is 18.9 Å². The summed E-state index contributed by atoms with van der Waals surface area (Å²) < 4.78 is 7.58. The van der Waals surface area contributed by atoms with Crippen LogP contribution in [0.1, 0.15) is 69.2 Å². The molecule has 0 spiro atoms. The Hall–Kier alpha value is -1.43. The van der Waals surface area contributed by atoms with E-state index in [1.807, 2.05) is 53.4 Å². The van der Waals surface area contributed by atoms with Gasteiger partial charge in [-0.15, -0.1) is 0 Å². The molecule has 0 aliphatic heterocycles. The van der Waals surface area contributed by atoms with Crippen LogP contribution >= 0.6 is 0 Å². The first kappa shape index (κ1) is 23.6. The number of carbonyl (C=O) groups is 1. The van der Waals surface area contributed by atoms with Crippen molar-refractivity contribution in [3.05, 3.63) is 54.4 Å². The van der Waals surface area contributed by atoms with Crippen LogP contribution in [-0.2, 0) is 11.3 Å². The van der Waals surface area contributed by atoms with E-state index in [1.165, 1.54) is 32.1 Å². The zero-order chi connectivity index (χ0) is 18.6. The molecule has 0 radical (unpaired) electrons. The Morgan fingerprint density at radius 3 is 2.26 bits per heavy atom. The molecule has 2 rings (SSSR count). The Kier molecular flexibility index (Phi) is 12.0. The van der Waals surface area contributed by atoms with E-state index in [0.717, 1.165) is 30.5 Å². The molecule has 0 saturated carbocycles. The number of pyridine rings is 1. The van der Waals surface area contributed by atoms with Gasteiger partial charge in [-0.2, -0.15) is 0 Å². The molecule has 0 atom stereocenters. The monoisotopic (exact) mass is 481 g/mol. The van der Waals surface area contributed by atoms with Crippen LogP contribution in [0.5, 0.6) is 0 Å². The summed E-state index contributed by atoms with van der Waals surface area (Å²) in [6, 6.07) is 12.0. The lowest BCUT2D eigenvalue weighted by Gasteiger charge is -2.09. The number of ether oxygens (including phenoxy) is 1. The van der Waals surface area contributed by atoms with Crippen molar-refractivity contribution >= 4 is 5.97 Å². The average Bonchev–Trinajstić information content (AvgIpc) is 2.70. The van der Waals surface area contributed by atoms with Crippen molar-refractivity contribution in [2.24, 2.45) is 0 Å².